The number of anilines is 1. The van der Waals surface area contributed by atoms with E-state index in [0.29, 0.717) is 0 Å². The highest BCUT2D eigenvalue weighted by molar-refractivity contribution is 6.31. The first-order valence-corrected chi connectivity index (χ1v) is 6.95. The summed E-state index contributed by atoms with van der Waals surface area (Å²) in [5.41, 5.74) is -0.113. The molecule has 22 heavy (non-hydrogen) atoms. The van der Waals surface area contributed by atoms with Gasteiger partial charge in [0.2, 0.25) is 0 Å². The zero-order valence-corrected chi connectivity index (χ0v) is 12.5. The molecule has 0 bridgehead atoms. The van der Waals surface area contributed by atoms with Crippen molar-refractivity contribution >= 4 is 28.9 Å². The number of benzene rings is 1. The summed E-state index contributed by atoms with van der Waals surface area (Å²) in [5.74, 6) is 0.411. The van der Waals surface area contributed by atoms with Gasteiger partial charge in [0.05, 0.1) is 11.2 Å². The van der Waals surface area contributed by atoms with Crippen LogP contribution in [0.1, 0.15) is 18.7 Å². The number of nitro groups is 1. The maximum atomic E-state index is 11.9. The quantitative estimate of drug-likeness (QED) is 0.627. The van der Waals surface area contributed by atoms with Gasteiger partial charge in [0, 0.05) is 11.1 Å². The molecular weight excluding hydrogens is 310 g/mol. The zero-order chi connectivity index (χ0) is 16.1. The lowest BCUT2D eigenvalue weighted by molar-refractivity contribution is -0.684. The van der Waals surface area contributed by atoms with Crippen molar-refractivity contribution in [3.63, 3.8) is 0 Å². The zero-order valence-electron chi connectivity index (χ0n) is 11.8. The van der Waals surface area contributed by atoms with Gasteiger partial charge in [-0.25, -0.2) is 0 Å². The Morgan fingerprint density at radius 2 is 2.27 bits per heavy atom. The molecule has 2 rings (SSSR count). The lowest BCUT2D eigenvalue weighted by atomic mass is 10.2. The topological polar surface area (TPSA) is 102 Å². The van der Waals surface area contributed by atoms with E-state index in [1.54, 1.807) is 17.6 Å². The Morgan fingerprint density at radius 1 is 1.50 bits per heavy atom. The largest absolute Gasteiger partial charge is 0.463 e. The van der Waals surface area contributed by atoms with Crippen molar-refractivity contribution in [2.24, 2.45) is 0 Å². The van der Waals surface area contributed by atoms with Crippen LogP contribution in [0.3, 0.4) is 0 Å². The molecule has 0 saturated heterocycles. The summed E-state index contributed by atoms with van der Waals surface area (Å²) < 4.78 is 5.24. The molecule has 2 aromatic rings. The number of hydrogen-bond donors (Lipinski definition) is 2. The maximum absolute atomic E-state index is 11.9. The fraction of sp³-hybridized carbons (Fsp3) is 0.214. The minimum atomic E-state index is -0.587. The predicted octanol–water partition coefficient (Wildman–Crippen LogP) is 2.10. The SMILES string of the molecule is C[C@@H]([NH2+]CC(=O)Nc1ccc(Cl)cc1[N+](=O)[O-])c1ccco1. The van der Waals surface area contributed by atoms with Crippen molar-refractivity contribution in [1.29, 1.82) is 0 Å². The molecule has 0 aliphatic carbocycles. The first-order valence-electron chi connectivity index (χ1n) is 6.58. The minimum Gasteiger partial charge on any atom is -0.463 e. The minimum absolute atomic E-state index is 0.0269. The summed E-state index contributed by atoms with van der Waals surface area (Å²) >= 11 is 5.72. The number of halogens is 1. The number of quaternary nitrogens is 1. The highest BCUT2D eigenvalue weighted by Crippen LogP contribution is 2.27. The number of amides is 1. The molecule has 1 aromatic heterocycles. The highest BCUT2D eigenvalue weighted by atomic mass is 35.5. The normalized spacial score (nSPS) is 11.9. The second kappa shape index (κ2) is 7.06. The van der Waals surface area contributed by atoms with Gasteiger partial charge in [-0.05, 0) is 31.2 Å². The molecule has 1 aromatic carbocycles. The molecule has 0 aliphatic rings. The number of nitrogens with two attached hydrogens (primary N) is 1. The third-order valence-corrected chi connectivity index (χ3v) is 3.31. The maximum Gasteiger partial charge on any atom is 0.294 e. The summed E-state index contributed by atoms with van der Waals surface area (Å²) in [6.07, 6.45) is 1.57. The number of nitrogens with one attached hydrogen (secondary N) is 1. The molecule has 1 atom stereocenters. The van der Waals surface area contributed by atoms with Crippen molar-refractivity contribution in [2.75, 3.05) is 11.9 Å². The predicted molar refractivity (Wildman–Crippen MR) is 80.7 cm³/mol. The molecule has 0 saturated carbocycles. The average Bonchev–Trinajstić information content (AvgIpc) is 3.00. The summed E-state index contributed by atoms with van der Waals surface area (Å²) in [4.78, 5) is 22.3. The van der Waals surface area contributed by atoms with Gasteiger partial charge in [0.1, 0.15) is 11.7 Å². The first kappa shape index (κ1) is 16.0. The van der Waals surface area contributed by atoms with Gasteiger partial charge in [0.25, 0.3) is 11.6 Å². The summed E-state index contributed by atoms with van der Waals surface area (Å²) in [6.45, 7) is 2.01. The van der Waals surface area contributed by atoms with Crippen molar-refractivity contribution in [3.05, 3.63) is 57.5 Å². The van der Waals surface area contributed by atoms with Crippen LogP contribution in [0.15, 0.2) is 41.0 Å². The molecule has 0 fully saturated rings. The van der Waals surface area contributed by atoms with Gasteiger partial charge in [-0.15, -0.1) is 0 Å². The van der Waals surface area contributed by atoms with Crippen LogP contribution in [0.5, 0.6) is 0 Å². The van der Waals surface area contributed by atoms with E-state index in [4.69, 9.17) is 16.0 Å². The van der Waals surface area contributed by atoms with Crippen LogP contribution < -0.4 is 10.6 Å². The van der Waals surface area contributed by atoms with E-state index in [9.17, 15) is 14.9 Å². The van der Waals surface area contributed by atoms with Crippen LogP contribution in [0.25, 0.3) is 0 Å². The van der Waals surface area contributed by atoms with E-state index in [1.165, 1.54) is 18.2 Å². The number of carbonyl (C=O) groups is 1. The van der Waals surface area contributed by atoms with E-state index in [-0.39, 0.29) is 34.9 Å². The Morgan fingerprint density at radius 3 is 2.91 bits per heavy atom. The Bertz CT molecular complexity index is 673. The molecule has 0 radical (unpaired) electrons. The lowest BCUT2D eigenvalue weighted by Gasteiger charge is -2.09. The van der Waals surface area contributed by atoms with Crippen molar-refractivity contribution < 1.29 is 19.5 Å². The fourth-order valence-electron chi connectivity index (χ4n) is 1.91. The van der Waals surface area contributed by atoms with Crippen LogP contribution in [-0.2, 0) is 4.79 Å². The Hall–Kier alpha value is -2.38. The number of hydrogen-bond acceptors (Lipinski definition) is 4. The second-order valence-electron chi connectivity index (χ2n) is 4.71. The van der Waals surface area contributed by atoms with Crippen LogP contribution in [0.4, 0.5) is 11.4 Å². The molecule has 7 nitrogen and oxygen atoms in total. The molecule has 3 N–H and O–H groups in total. The van der Waals surface area contributed by atoms with Gasteiger partial charge in [-0.1, -0.05) is 11.6 Å². The van der Waals surface area contributed by atoms with Crippen molar-refractivity contribution in [2.45, 2.75) is 13.0 Å². The van der Waals surface area contributed by atoms with Gasteiger partial charge < -0.3 is 15.1 Å². The van der Waals surface area contributed by atoms with Crippen LogP contribution >= 0.6 is 11.6 Å². The molecule has 1 heterocycles. The number of nitro benzene ring substituents is 1. The van der Waals surface area contributed by atoms with Crippen molar-refractivity contribution in [1.82, 2.24) is 0 Å². The number of furan rings is 1. The fourth-order valence-corrected chi connectivity index (χ4v) is 2.08. The van der Waals surface area contributed by atoms with Gasteiger partial charge >= 0.3 is 0 Å². The number of rotatable bonds is 6. The second-order valence-corrected chi connectivity index (χ2v) is 5.15. The molecule has 0 spiro atoms. The number of nitrogens with zero attached hydrogens (tertiary/aromatic N) is 1. The van der Waals surface area contributed by atoms with Crippen LogP contribution in [0.2, 0.25) is 5.02 Å². The first-order chi connectivity index (χ1) is 10.5. The summed E-state index contributed by atoms with van der Waals surface area (Å²) in [5, 5.41) is 15.5. The number of carbonyl (C=O) groups excluding carboxylic acids is 1. The smallest absolute Gasteiger partial charge is 0.294 e. The summed E-state index contributed by atoms with van der Waals surface area (Å²) in [6, 6.07) is 7.67. The third-order valence-electron chi connectivity index (χ3n) is 3.08. The van der Waals surface area contributed by atoms with Crippen LogP contribution in [-0.4, -0.2) is 17.4 Å². The highest BCUT2D eigenvalue weighted by Gasteiger charge is 2.18. The van der Waals surface area contributed by atoms with E-state index < -0.39 is 4.92 Å². The Kier molecular flexibility index (Phi) is 5.13. The van der Waals surface area contributed by atoms with Gasteiger partial charge in [-0.2, -0.15) is 0 Å². The molecule has 1 amide bonds. The molecule has 0 aliphatic heterocycles. The molecule has 0 unspecified atom stereocenters. The van der Waals surface area contributed by atoms with Gasteiger partial charge in [0.15, 0.2) is 12.3 Å². The van der Waals surface area contributed by atoms with E-state index in [1.807, 2.05) is 13.0 Å². The standard InChI is InChI=1S/C14H14ClN3O4/c1-9(13-3-2-6-22-13)16-8-14(19)17-11-5-4-10(15)7-12(11)18(20)21/h2-7,9,16H,8H2,1H3,(H,17,19)/p+1/t9-/m1/s1. The van der Waals surface area contributed by atoms with Crippen molar-refractivity contribution in [3.8, 4) is 0 Å². The third kappa shape index (κ3) is 4.06. The monoisotopic (exact) mass is 324 g/mol. The molecule has 8 heteroatoms. The van der Waals surface area contributed by atoms with E-state index in [2.05, 4.69) is 5.32 Å². The summed E-state index contributed by atoms with van der Waals surface area (Å²) in [7, 11) is 0. The molecule has 116 valence electrons. The van der Waals surface area contributed by atoms with E-state index in [0.717, 1.165) is 5.76 Å². The average molecular weight is 325 g/mol. The Labute approximate surface area is 131 Å². The molecular formula is C14H15ClN3O4+. The Balaban J connectivity index is 1.96. The lowest BCUT2D eigenvalue weighted by Crippen LogP contribution is -2.86. The van der Waals surface area contributed by atoms with Gasteiger partial charge in [-0.3, -0.25) is 14.9 Å². The van der Waals surface area contributed by atoms with Crippen LogP contribution in [0, 0.1) is 10.1 Å². The van der Waals surface area contributed by atoms with E-state index >= 15 is 0 Å².